The molecule has 1 atom stereocenters. The summed E-state index contributed by atoms with van der Waals surface area (Å²) in [6.07, 6.45) is 7.30. The van der Waals surface area contributed by atoms with Crippen molar-refractivity contribution >= 4 is 11.6 Å². The van der Waals surface area contributed by atoms with Gasteiger partial charge in [-0.15, -0.1) is 0 Å². The van der Waals surface area contributed by atoms with Crippen LogP contribution in [0.4, 0.5) is 0 Å². The van der Waals surface area contributed by atoms with E-state index < -0.39 is 0 Å². The maximum absolute atomic E-state index is 6.14. The molecule has 0 bridgehead atoms. The summed E-state index contributed by atoms with van der Waals surface area (Å²) in [7, 11) is 1.73. The van der Waals surface area contributed by atoms with Gasteiger partial charge < -0.3 is 10.1 Å². The quantitative estimate of drug-likeness (QED) is 0.893. The second-order valence-corrected chi connectivity index (χ2v) is 5.94. The highest BCUT2D eigenvalue weighted by molar-refractivity contribution is 6.30. The highest BCUT2D eigenvalue weighted by Crippen LogP contribution is 2.31. The predicted molar refractivity (Wildman–Crippen MR) is 81.2 cm³/mol. The summed E-state index contributed by atoms with van der Waals surface area (Å²) in [4.78, 5) is 0. The van der Waals surface area contributed by atoms with E-state index in [2.05, 4.69) is 12.2 Å². The van der Waals surface area contributed by atoms with Crippen molar-refractivity contribution in [2.75, 3.05) is 13.7 Å². The first-order valence-electron chi connectivity index (χ1n) is 7.26. The zero-order valence-corrected chi connectivity index (χ0v) is 12.7. The Kier molecular flexibility index (Phi) is 5.12. The molecule has 3 heteroatoms. The summed E-state index contributed by atoms with van der Waals surface area (Å²) in [5, 5.41) is 4.55. The molecule has 0 spiro atoms. The lowest BCUT2D eigenvalue weighted by molar-refractivity contribution is 0.297. The molecule has 1 N–H and O–H groups in total. The van der Waals surface area contributed by atoms with Gasteiger partial charge in [0.1, 0.15) is 5.75 Å². The average Bonchev–Trinajstić information content (AvgIpc) is 2.65. The van der Waals surface area contributed by atoms with Gasteiger partial charge in [-0.3, -0.25) is 0 Å². The van der Waals surface area contributed by atoms with Crippen LogP contribution < -0.4 is 10.1 Å². The van der Waals surface area contributed by atoms with Crippen LogP contribution in [0.2, 0.25) is 5.02 Å². The number of nitrogens with one attached hydrogen (secondary N) is 1. The standard InChI is InChI=1S/C16H24ClNO/c1-3-16(9-5-4-6-10-18-16)12-13-11-14(17)7-8-15(13)19-2/h7-8,11,18H,3-6,9-10,12H2,1-2H3. The molecule has 1 aliphatic rings. The van der Waals surface area contributed by atoms with Gasteiger partial charge in [-0.1, -0.05) is 31.4 Å². The number of methoxy groups -OCH3 is 1. The van der Waals surface area contributed by atoms with Crippen LogP contribution in [0.15, 0.2) is 18.2 Å². The lowest BCUT2D eigenvalue weighted by Gasteiger charge is -2.33. The second-order valence-electron chi connectivity index (χ2n) is 5.50. The van der Waals surface area contributed by atoms with Gasteiger partial charge in [-0.25, -0.2) is 0 Å². The zero-order chi connectivity index (χ0) is 13.7. The van der Waals surface area contributed by atoms with E-state index in [0.717, 1.165) is 30.2 Å². The molecule has 0 radical (unpaired) electrons. The van der Waals surface area contributed by atoms with Gasteiger partial charge in [0.2, 0.25) is 0 Å². The maximum Gasteiger partial charge on any atom is 0.122 e. The van der Waals surface area contributed by atoms with Gasteiger partial charge >= 0.3 is 0 Å². The van der Waals surface area contributed by atoms with Gasteiger partial charge in [0.15, 0.2) is 0 Å². The van der Waals surface area contributed by atoms with E-state index in [1.165, 1.54) is 31.2 Å². The monoisotopic (exact) mass is 281 g/mol. The van der Waals surface area contributed by atoms with Crippen LogP contribution in [0.5, 0.6) is 5.75 Å². The number of benzene rings is 1. The Labute approximate surface area is 121 Å². The van der Waals surface area contributed by atoms with Crippen LogP contribution in [-0.2, 0) is 6.42 Å². The van der Waals surface area contributed by atoms with Gasteiger partial charge in [0.25, 0.3) is 0 Å². The minimum absolute atomic E-state index is 0.203. The fraction of sp³-hybridized carbons (Fsp3) is 0.625. The SMILES string of the molecule is CCC1(Cc2cc(Cl)ccc2OC)CCCCCN1. The van der Waals surface area contributed by atoms with Gasteiger partial charge in [0, 0.05) is 10.6 Å². The molecule has 1 aromatic rings. The Morgan fingerprint density at radius 2 is 2.16 bits per heavy atom. The molecule has 1 fully saturated rings. The molecule has 1 heterocycles. The smallest absolute Gasteiger partial charge is 0.122 e. The minimum atomic E-state index is 0.203. The number of hydrogen-bond acceptors (Lipinski definition) is 2. The first-order valence-corrected chi connectivity index (χ1v) is 7.64. The van der Waals surface area contributed by atoms with Crippen LogP contribution in [0.1, 0.15) is 44.6 Å². The molecule has 1 aliphatic heterocycles. The second kappa shape index (κ2) is 6.62. The normalized spacial score (nSPS) is 23.9. The van der Waals surface area contributed by atoms with Crippen molar-refractivity contribution in [1.82, 2.24) is 5.32 Å². The number of halogens is 1. The first-order chi connectivity index (χ1) is 9.19. The summed E-state index contributed by atoms with van der Waals surface area (Å²) in [5.41, 5.74) is 1.42. The van der Waals surface area contributed by atoms with Crippen LogP contribution in [0, 0.1) is 0 Å². The Hall–Kier alpha value is -0.730. The maximum atomic E-state index is 6.14. The third-order valence-corrected chi connectivity index (χ3v) is 4.52. The van der Waals surface area contributed by atoms with E-state index in [9.17, 15) is 0 Å². The summed E-state index contributed by atoms with van der Waals surface area (Å²) in [5.74, 6) is 0.947. The molecule has 19 heavy (non-hydrogen) atoms. The molecule has 2 nitrogen and oxygen atoms in total. The number of rotatable bonds is 4. The predicted octanol–water partition coefficient (Wildman–Crippen LogP) is 4.20. The molecule has 0 aliphatic carbocycles. The third-order valence-electron chi connectivity index (χ3n) is 4.28. The summed E-state index contributed by atoms with van der Waals surface area (Å²) in [6, 6.07) is 5.91. The molecule has 1 unspecified atom stereocenters. The Balaban J connectivity index is 2.23. The molecule has 1 aromatic carbocycles. The molecule has 1 saturated heterocycles. The van der Waals surface area contributed by atoms with Gasteiger partial charge in [-0.05, 0) is 56.0 Å². The van der Waals surface area contributed by atoms with Crippen LogP contribution in [0.25, 0.3) is 0 Å². The van der Waals surface area contributed by atoms with Crippen LogP contribution in [-0.4, -0.2) is 19.2 Å². The molecule has 0 saturated carbocycles. The lowest BCUT2D eigenvalue weighted by Crippen LogP contribution is -2.46. The molecule has 0 aromatic heterocycles. The molecular formula is C16H24ClNO. The van der Waals surface area contributed by atoms with E-state index in [1.807, 2.05) is 18.2 Å². The van der Waals surface area contributed by atoms with Crippen molar-refractivity contribution < 1.29 is 4.74 Å². The molecule has 106 valence electrons. The molecule has 2 rings (SSSR count). The van der Waals surface area contributed by atoms with E-state index in [-0.39, 0.29) is 5.54 Å². The fourth-order valence-corrected chi connectivity index (χ4v) is 3.23. The van der Waals surface area contributed by atoms with Gasteiger partial charge in [-0.2, -0.15) is 0 Å². The van der Waals surface area contributed by atoms with E-state index in [0.29, 0.717) is 0 Å². The van der Waals surface area contributed by atoms with Crippen molar-refractivity contribution in [3.63, 3.8) is 0 Å². The first kappa shape index (κ1) is 14.7. The number of hydrogen-bond donors (Lipinski definition) is 1. The fourth-order valence-electron chi connectivity index (χ4n) is 3.03. The Bertz CT molecular complexity index is 411. The third kappa shape index (κ3) is 3.64. The van der Waals surface area contributed by atoms with E-state index in [1.54, 1.807) is 7.11 Å². The average molecular weight is 282 g/mol. The molecular weight excluding hydrogens is 258 g/mol. The number of ether oxygens (including phenoxy) is 1. The van der Waals surface area contributed by atoms with Crippen molar-refractivity contribution in [2.24, 2.45) is 0 Å². The van der Waals surface area contributed by atoms with Crippen molar-refractivity contribution in [3.05, 3.63) is 28.8 Å². The Morgan fingerprint density at radius 3 is 2.89 bits per heavy atom. The van der Waals surface area contributed by atoms with Crippen LogP contribution >= 0.6 is 11.6 Å². The minimum Gasteiger partial charge on any atom is -0.496 e. The summed E-state index contributed by atoms with van der Waals surface area (Å²) >= 11 is 6.14. The van der Waals surface area contributed by atoms with Gasteiger partial charge in [0.05, 0.1) is 7.11 Å². The van der Waals surface area contributed by atoms with E-state index in [4.69, 9.17) is 16.3 Å². The summed E-state index contributed by atoms with van der Waals surface area (Å²) < 4.78 is 5.48. The highest BCUT2D eigenvalue weighted by atomic mass is 35.5. The topological polar surface area (TPSA) is 21.3 Å². The Morgan fingerprint density at radius 1 is 1.32 bits per heavy atom. The largest absolute Gasteiger partial charge is 0.496 e. The lowest BCUT2D eigenvalue weighted by atomic mass is 9.84. The molecule has 0 amide bonds. The van der Waals surface area contributed by atoms with Crippen molar-refractivity contribution in [2.45, 2.75) is 51.0 Å². The van der Waals surface area contributed by atoms with Crippen molar-refractivity contribution in [1.29, 1.82) is 0 Å². The van der Waals surface area contributed by atoms with Crippen LogP contribution in [0.3, 0.4) is 0 Å². The van der Waals surface area contributed by atoms with E-state index >= 15 is 0 Å². The highest BCUT2D eigenvalue weighted by Gasteiger charge is 2.29. The van der Waals surface area contributed by atoms with Crippen molar-refractivity contribution in [3.8, 4) is 5.75 Å². The zero-order valence-electron chi connectivity index (χ0n) is 12.0. The summed E-state index contributed by atoms with van der Waals surface area (Å²) in [6.45, 7) is 3.39.